The van der Waals surface area contributed by atoms with Gasteiger partial charge in [0, 0.05) is 41.7 Å². The highest BCUT2D eigenvalue weighted by Crippen LogP contribution is 2.48. The van der Waals surface area contributed by atoms with Crippen molar-refractivity contribution in [3.63, 3.8) is 0 Å². The Bertz CT molecular complexity index is 673. The van der Waals surface area contributed by atoms with Crippen LogP contribution in [0.25, 0.3) is 0 Å². The van der Waals surface area contributed by atoms with Gasteiger partial charge < -0.3 is 9.64 Å². The molecule has 4 rings (SSSR count). The molecule has 2 atom stereocenters. The van der Waals surface area contributed by atoms with E-state index >= 15 is 0 Å². The minimum atomic E-state index is 0.371. The molecule has 3 heterocycles. The van der Waals surface area contributed by atoms with E-state index < -0.39 is 0 Å². The molecule has 0 spiro atoms. The number of aromatic nitrogens is 1. The molecule has 1 saturated heterocycles. The van der Waals surface area contributed by atoms with Crippen molar-refractivity contribution in [3.05, 3.63) is 52.8 Å². The molecule has 0 radical (unpaired) electrons. The summed E-state index contributed by atoms with van der Waals surface area (Å²) in [6.07, 6.45) is 1.85. The van der Waals surface area contributed by atoms with E-state index in [4.69, 9.17) is 16.3 Å². The van der Waals surface area contributed by atoms with Gasteiger partial charge in [-0.05, 0) is 37.4 Å². The molecule has 20 heavy (non-hydrogen) atoms. The van der Waals surface area contributed by atoms with Crippen LogP contribution in [0.5, 0.6) is 11.5 Å². The third kappa shape index (κ3) is 1.81. The van der Waals surface area contributed by atoms with Crippen molar-refractivity contribution >= 4 is 11.6 Å². The molecule has 1 aromatic carbocycles. The van der Waals surface area contributed by atoms with Gasteiger partial charge >= 0.3 is 0 Å². The van der Waals surface area contributed by atoms with Crippen molar-refractivity contribution in [1.82, 2.24) is 9.88 Å². The summed E-state index contributed by atoms with van der Waals surface area (Å²) in [6.45, 7) is 2.02. The molecule has 0 N–H and O–H groups in total. The number of fused-ring (bicyclic) bond motifs is 5. The summed E-state index contributed by atoms with van der Waals surface area (Å²) >= 11 is 6.18. The van der Waals surface area contributed by atoms with Crippen molar-refractivity contribution in [2.75, 3.05) is 20.1 Å². The first-order valence-electron chi connectivity index (χ1n) is 6.83. The average Bonchev–Trinajstić information content (AvgIpc) is 2.78. The minimum Gasteiger partial charge on any atom is -0.455 e. The van der Waals surface area contributed by atoms with E-state index in [9.17, 15) is 0 Å². The number of halogens is 1. The molecule has 1 aromatic heterocycles. The Hall–Kier alpha value is -1.58. The Morgan fingerprint density at radius 2 is 2.05 bits per heavy atom. The van der Waals surface area contributed by atoms with Gasteiger partial charge in [-0.25, -0.2) is 0 Å². The van der Waals surface area contributed by atoms with Gasteiger partial charge in [0.05, 0.1) is 5.69 Å². The van der Waals surface area contributed by atoms with Crippen molar-refractivity contribution in [1.29, 1.82) is 0 Å². The maximum absolute atomic E-state index is 6.18. The number of hydrogen-bond acceptors (Lipinski definition) is 3. The summed E-state index contributed by atoms with van der Waals surface area (Å²) in [5, 5.41) is 0.763. The highest BCUT2D eigenvalue weighted by Gasteiger charge is 2.39. The van der Waals surface area contributed by atoms with Crippen LogP contribution in [-0.4, -0.2) is 30.0 Å². The monoisotopic (exact) mass is 286 g/mol. The standard InChI is InChI=1S/C16H15ClN2O/c1-19-8-12-11-7-10(17)4-5-14(11)20-15-3-2-6-18-16(15)13(12)9-19/h2-7,12-13H,8-9H2,1H3/t12-,13-/m0/s1. The molecule has 1 fully saturated rings. The van der Waals surface area contributed by atoms with Gasteiger partial charge in [-0.3, -0.25) is 4.98 Å². The van der Waals surface area contributed by atoms with Crippen molar-refractivity contribution in [2.24, 2.45) is 0 Å². The lowest BCUT2D eigenvalue weighted by atomic mass is 9.86. The highest BCUT2D eigenvalue weighted by molar-refractivity contribution is 6.30. The van der Waals surface area contributed by atoms with E-state index in [-0.39, 0.29) is 0 Å². The number of likely N-dealkylation sites (tertiary alicyclic amines) is 1. The maximum atomic E-state index is 6.18. The van der Waals surface area contributed by atoms with Gasteiger partial charge in [0.1, 0.15) is 11.5 Å². The second-order valence-electron chi connectivity index (χ2n) is 5.61. The van der Waals surface area contributed by atoms with E-state index in [1.807, 2.05) is 36.5 Å². The van der Waals surface area contributed by atoms with Gasteiger partial charge in [-0.1, -0.05) is 11.6 Å². The maximum Gasteiger partial charge on any atom is 0.149 e. The predicted molar refractivity (Wildman–Crippen MR) is 78.7 cm³/mol. The Balaban J connectivity index is 1.93. The van der Waals surface area contributed by atoms with E-state index in [1.165, 1.54) is 5.56 Å². The Morgan fingerprint density at radius 1 is 1.20 bits per heavy atom. The summed E-state index contributed by atoms with van der Waals surface area (Å²) in [4.78, 5) is 6.93. The molecule has 3 nitrogen and oxygen atoms in total. The molecule has 0 unspecified atom stereocenters. The summed E-state index contributed by atoms with van der Waals surface area (Å²) in [5.41, 5.74) is 2.26. The average molecular weight is 287 g/mol. The lowest BCUT2D eigenvalue weighted by Crippen LogP contribution is -2.14. The molecule has 0 aliphatic carbocycles. The first-order chi connectivity index (χ1) is 9.72. The van der Waals surface area contributed by atoms with Crippen LogP contribution in [0.3, 0.4) is 0 Å². The van der Waals surface area contributed by atoms with Gasteiger partial charge in [-0.15, -0.1) is 0 Å². The zero-order valence-corrected chi connectivity index (χ0v) is 12.0. The number of pyridine rings is 1. The smallest absolute Gasteiger partial charge is 0.149 e. The molecule has 0 saturated carbocycles. The summed E-state index contributed by atoms with van der Waals surface area (Å²) in [6, 6.07) is 9.82. The largest absolute Gasteiger partial charge is 0.455 e. The van der Waals surface area contributed by atoms with Crippen LogP contribution in [0.1, 0.15) is 23.1 Å². The van der Waals surface area contributed by atoms with Crippen molar-refractivity contribution < 1.29 is 4.74 Å². The number of likely N-dealkylation sites (N-methyl/N-ethyl adjacent to an activating group) is 1. The van der Waals surface area contributed by atoms with Crippen molar-refractivity contribution in [2.45, 2.75) is 11.8 Å². The second-order valence-corrected chi connectivity index (χ2v) is 6.04. The Kier molecular flexibility index (Phi) is 2.72. The van der Waals surface area contributed by atoms with Crippen LogP contribution in [0.15, 0.2) is 36.5 Å². The van der Waals surface area contributed by atoms with Crippen LogP contribution in [-0.2, 0) is 0 Å². The van der Waals surface area contributed by atoms with Gasteiger partial charge in [-0.2, -0.15) is 0 Å². The van der Waals surface area contributed by atoms with E-state index in [2.05, 4.69) is 16.9 Å². The molecule has 4 heteroatoms. The predicted octanol–water partition coefficient (Wildman–Crippen LogP) is 3.65. The van der Waals surface area contributed by atoms with Crippen LogP contribution < -0.4 is 4.74 Å². The number of rotatable bonds is 0. The molecule has 102 valence electrons. The fourth-order valence-corrected chi connectivity index (χ4v) is 3.56. The molecule has 2 aliphatic rings. The lowest BCUT2D eigenvalue weighted by Gasteiger charge is -2.16. The summed E-state index contributed by atoms with van der Waals surface area (Å²) in [7, 11) is 2.16. The molecular weight excluding hydrogens is 272 g/mol. The number of nitrogens with zero attached hydrogens (tertiary/aromatic N) is 2. The van der Waals surface area contributed by atoms with Gasteiger partial charge in [0.15, 0.2) is 0 Å². The van der Waals surface area contributed by atoms with E-state index in [0.29, 0.717) is 11.8 Å². The molecule has 2 aromatic rings. The number of ether oxygens (including phenoxy) is 1. The fourth-order valence-electron chi connectivity index (χ4n) is 3.38. The number of hydrogen-bond donors (Lipinski definition) is 0. The first kappa shape index (κ1) is 12.2. The Labute approximate surface area is 123 Å². The van der Waals surface area contributed by atoms with Crippen LogP contribution >= 0.6 is 11.6 Å². The SMILES string of the molecule is CN1C[C@@H]2c3ncccc3Oc3ccc(Cl)cc3[C@@H]2C1. The van der Waals surface area contributed by atoms with Crippen LogP contribution in [0, 0.1) is 0 Å². The summed E-state index contributed by atoms with van der Waals surface area (Å²) in [5.74, 6) is 2.55. The molecule has 0 bridgehead atoms. The Morgan fingerprint density at radius 3 is 2.95 bits per heavy atom. The quantitative estimate of drug-likeness (QED) is 0.739. The molecule has 2 aliphatic heterocycles. The van der Waals surface area contributed by atoms with Crippen molar-refractivity contribution in [3.8, 4) is 11.5 Å². The third-order valence-electron chi connectivity index (χ3n) is 4.24. The topological polar surface area (TPSA) is 25.4 Å². The second kappa shape index (κ2) is 4.47. The highest BCUT2D eigenvalue weighted by atomic mass is 35.5. The zero-order valence-electron chi connectivity index (χ0n) is 11.2. The van der Waals surface area contributed by atoms with E-state index in [1.54, 1.807) is 0 Å². The minimum absolute atomic E-state index is 0.371. The van der Waals surface area contributed by atoms with Crippen LogP contribution in [0.2, 0.25) is 5.02 Å². The third-order valence-corrected chi connectivity index (χ3v) is 4.48. The van der Waals surface area contributed by atoms with Gasteiger partial charge in [0.2, 0.25) is 0 Å². The molecular formula is C16H15ClN2O. The zero-order chi connectivity index (χ0) is 13.7. The normalized spacial score (nSPS) is 24.3. The van der Waals surface area contributed by atoms with E-state index in [0.717, 1.165) is 35.3 Å². The van der Waals surface area contributed by atoms with Gasteiger partial charge in [0.25, 0.3) is 0 Å². The molecule has 0 amide bonds. The fraction of sp³-hybridized carbons (Fsp3) is 0.312. The number of benzene rings is 1. The van der Waals surface area contributed by atoms with Crippen LogP contribution in [0.4, 0.5) is 0 Å². The lowest BCUT2D eigenvalue weighted by molar-refractivity contribution is 0.400. The summed E-state index contributed by atoms with van der Waals surface area (Å²) < 4.78 is 6.09. The first-order valence-corrected chi connectivity index (χ1v) is 7.21.